The van der Waals surface area contributed by atoms with E-state index >= 15 is 0 Å². The number of hydrogen-bond acceptors (Lipinski definition) is 2. The Hall–Kier alpha value is -2.29. The molecule has 0 aliphatic rings. The Bertz CT molecular complexity index is 578. The van der Waals surface area contributed by atoms with Gasteiger partial charge in [0.1, 0.15) is 0 Å². The van der Waals surface area contributed by atoms with Gasteiger partial charge in [-0.1, -0.05) is 42.0 Å². The highest BCUT2D eigenvalue weighted by atomic mass is 16.1. The van der Waals surface area contributed by atoms with E-state index in [1.807, 2.05) is 55.5 Å². The summed E-state index contributed by atoms with van der Waals surface area (Å²) in [6.07, 6.45) is 0.407. The normalized spacial score (nSPS) is 10.2. The van der Waals surface area contributed by atoms with Crippen LogP contribution in [0.15, 0.2) is 48.5 Å². The lowest BCUT2D eigenvalue weighted by Crippen LogP contribution is -2.24. The van der Waals surface area contributed by atoms with Crippen LogP contribution < -0.4 is 11.1 Å². The fourth-order valence-corrected chi connectivity index (χ4v) is 1.97. The van der Waals surface area contributed by atoms with Gasteiger partial charge in [0.2, 0.25) is 5.91 Å². The van der Waals surface area contributed by atoms with E-state index in [9.17, 15) is 4.79 Å². The first kappa shape index (κ1) is 13.1. The van der Waals surface area contributed by atoms with Gasteiger partial charge in [0.15, 0.2) is 0 Å². The van der Waals surface area contributed by atoms with Gasteiger partial charge in [-0.05, 0) is 30.2 Å². The molecule has 1 amide bonds. The number of nitrogens with two attached hydrogens (primary N) is 1. The first-order valence-electron chi connectivity index (χ1n) is 6.30. The number of anilines is 1. The maximum atomic E-state index is 11.8. The maximum absolute atomic E-state index is 11.8. The second kappa shape index (κ2) is 6.05. The molecule has 2 rings (SSSR count). The van der Waals surface area contributed by atoms with E-state index in [2.05, 4.69) is 5.32 Å². The van der Waals surface area contributed by atoms with Gasteiger partial charge in [-0.15, -0.1) is 0 Å². The monoisotopic (exact) mass is 254 g/mol. The van der Waals surface area contributed by atoms with Gasteiger partial charge < -0.3 is 11.1 Å². The van der Waals surface area contributed by atoms with E-state index < -0.39 is 0 Å². The average Bonchev–Trinajstić information content (AvgIpc) is 2.36. The molecule has 3 nitrogen and oxygen atoms in total. The number of hydrogen-bond donors (Lipinski definition) is 2. The summed E-state index contributed by atoms with van der Waals surface area (Å²) in [5.41, 5.74) is 9.62. The quantitative estimate of drug-likeness (QED) is 0.823. The van der Waals surface area contributed by atoms with Gasteiger partial charge >= 0.3 is 0 Å². The smallest absolute Gasteiger partial charge is 0.224 e. The molecular weight excluding hydrogens is 236 g/mol. The van der Waals surface area contributed by atoms with E-state index in [1.54, 1.807) is 0 Å². The number of nitrogen functional groups attached to an aromatic ring is 1. The van der Waals surface area contributed by atoms with Crippen LogP contribution in [0.3, 0.4) is 0 Å². The second-order valence-electron chi connectivity index (χ2n) is 4.69. The van der Waals surface area contributed by atoms with Gasteiger partial charge in [-0.25, -0.2) is 0 Å². The topological polar surface area (TPSA) is 55.1 Å². The van der Waals surface area contributed by atoms with Crippen LogP contribution in [0, 0.1) is 6.92 Å². The summed E-state index contributed by atoms with van der Waals surface area (Å²) in [4.78, 5) is 11.8. The van der Waals surface area contributed by atoms with Crippen molar-refractivity contribution in [2.24, 2.45) is 0 Å². The molecule has 0 unspecified atom stereocenters. The number of rotatable bonds is 4. The molecule has 0 saturated carbocycles. The van der Waals surface area contributed by atoms with E-state index in [4.69, 9.17) is 5.73 Å². The SMILES string of the molecule is Cc1cccc(CC(=O)NCc2cccc(N)c2)c1. The van der Waals surface area contributed by atoms with Gasteiger partial charge in [-0.2, -0.15) is 0 Å². The molecule has 0 radical (unpaired) electrons. The molecule has 3 heteroatoms. The molecule has 98 valence electrons. The van der Waals surface area contributed by atoms with Crippen LogP contribution in [-0.2, 0) is 17.8 Å². The third-order valence-corrected chi connectivity index (χ3v) is 2.89. The predicted molar refractivity (Wildman–Crippen MR) is 77.6 cm³/mol. The van der Waals surface area contributed by atoms with Crippen molar-refractivity contribution < 1.29 is 4.79 Å². The third-order valence-electron chi connectivity index (χ3n) is 2.89. The minimum atomic E-state index is 0.0213. The Morgan fingerprint density at radius 3 is 2.58 bits per heavy atom. The van der Waals surface area contributed by atoms with Crippen molar-refractivity contribution in [1.29, 1.82) is 0 Å². The Balaban J connectivity index is 1.88. The summed E-state index contributed by atoms with van der Waals surface area (Å²) in [5, 5.41) is 2.90. The lowest BCUT2D eigenvalue weighted by atomic mass is 10.1. The van der Waals surface area contributed by atoms with Crippen LogP contribution in [0.2, 0.25) is 0 Å². The molecule has 3 N–H and O–H groups in total. The number of aryl methyl sites for hydroxylation is 1. The summed E-state index contributed by atoms with van der Waals surface area (Å²) >= 11 is 0. The van der Waals surface area contributed by atoms with Crippen molar-refractivity contribution in [2.75, 3.05) is 5.73 Å². The fraction of sp³-hybridized carbons (Fsp3) is 0.188. The van der Waals surface area contributed by atoms with Gasteiger partial charge in [0.25, 0.3) is 0 Å². The average molecular weight is 254 g/mol. The minimum Gasteiger partial charge on any atom is -0.399 e. The molecule has 0 saturated heterocycles. The lowest BCUT2D eigenvalue weighted by molar-refractivity contribution is -0.120. The van der Waals surface area contributed by atoms with Crippen molar-refractivity contribution >= 4 is 11.6 Å². The molecule has 2 aromatic rings. The summed E-state index contributed by atoms with van der Waals surface area (Å²) in [6.45, 7) is 2.53. The maximum Gasteiger partial charge on any atom is 0.224 e. The highest BCUT2D eigenvalue weighted by Crippen LogP contribution is 2.07. The summed E-state index contributed by atoms with van der Waals surface area (Å²) in [7, 11) is 0. The number of carbonyl (C=O) groups excluding carboxylic acids is 1. The van der Waals surface area contributed by atoms with Crippen LogP contribution in [0.4, 0.5) is 5.69 Å². The number of carbonyl (C=O) groups is 1. The minimum absolute atomic E-state index is 0.0213. The van der Waals surface area contributed by atoms with Crippen LogP contribution in [0.1, 0.15) is 16.7 Å². The summed E-state index contributed by atoms with van der Waals surface area (Å²) in [5.74, 6) is 0.0213. The van der Waals surface area contributed by atoms with Crippen molar-refractivity contribution in [2.45, 2.75) is 19.9 Å². The number of amides is 1. The third kappa shape index (κ3) is 4.14. The van der Waals surface area contributed by atoms with E-state index in [0.29, 0.717) is 18.7 Å². The molecule has 0 fully saturated rings. The van der Waals surface area contributed by atoms with E-state index in [-0.39, 0.29) is 5.91 Å². The standard InChI is InChI=1S/C16H18N2O/c1-12-4-2-5-13(8-12)10-16(19)18-11-14-6-3-7-15(17)9-14/h2-9H,10-11,17H2,1H3,(H,18,19). The molecule has 0 heterocycles. The summed E-state index contributed by atoms with van der Waals surface area (Å²) in [6, 6.07) is 15.5. The van der Waals surface area contributed by atoms with Crippen molar-refractivity contribution in [3.63, 3.8) is 0 Å². The Morgan fingerprint density at radius 2 is 1.84 bits per heavy atom. The summed E-state index contributed by atoms with van der Waals surface area (Å²) < 4.78 is 0. The molecule has 2 aromatic carbocycles. The fourth-order valence-electron chi connectivity index (χ4n) is 1.97. The zero-order valence-corrected chi connectivity index (χ0v) is 11.0. The predicted octanol–water partition coefficient (Wildman–Crippen LogP) is 2.44. The number of nitrogens with one attached hydrogen (secondary N) is 1. The molecule has 0 bridgehead atoms. The van der Waals surface area contributed by atoms with Crippen LogP contribution in [0.5, 0.6) is 0 Å². The lowest BCUT2D eigenvalue weighted by Gasteiger charge is -2.06. The highest BCUT2D eigenvalue weighted by Gasteiger charge is 2.03. The van der Waals surface area contributed by atoms with Crippen molar-refractivity contribution in [1.82, 2.24) is 5.32 Å². The van der Waals surface area contributed by atoms with E-state index in [1.165, 1.54) is 5.56 Å². The molecule has 0 atom stereocenters. The Morgan fingerprint density at radius 1 is 1.11 bits per heavy atom. The van der Waals surface area contributed by atoms with Gasteiger partial charge in [0, 0.05) is 12.2 Å². The second-order valence-corrected chi connectivity index (χ2v) is 4.69. The first-order valence-corrected chi connectivity index (χ1v) is 6.30. The van der Waals surface area contributed by atoms with Crippen LogP contribution in [-0.4, -0.2) is 5.91 Å². The Kier molecular flexibility index (Phi) is 4.18. The van der Waals surface area contributed by atoms with Crippen LogP contribution >= 0.6 is 0 Å². The number of benzene rings is 2. The molecule has 0 aliphatic heterocycles. The molecule has 0 aromatic heterocycles. The van der Waals surface area contributed by atoms with Crippen LogP contribution in [0.25, 0.3) is 0 Å². The molecule has 19 heavy (non-hydrogen) atoms. The molecule has 0 spiro atoms. The van der Waals surface area contributed by atoms with Gasteiger partial charge in [0.05, 0.1) is 6.42 Å². The Labute approximate surface area is 113 Å². The van der Waals surface area contributed by atoms with Gasteiger partial charge in [-0.3, -0.25) is 4.79 Å². The first-order chi connectivity index (χ1) is 9.13. The largest absolute Gasteiger partial charge is 0.399 e. The molecule has 0 aliphatic carbocycles. The zero-order valence-electron chi connectivity index (χ0n) is 11.0. The van der Waals surface area contributed by atoms with Crippen molar-refractivity contribution in [3.05, 3.63) is 65.2 Å². The van der Waals surface area contributed by atoms with Crippen molar-refractivity contribution in [3.8, 4) is 0 Å². The van der Waals surface area contributed by atoms with E-state index in [0.717, 1.165) is 11.1 Å². The highest BCUT2D eigenvalue weighted by molar-refractivity contribution is 5.78. The zero-order chi connectivity index (χ0) is 13.7. The molecular formula is C16H18N2O.